The van der Waals surface area contributed by atoms with Gasteiger partial charge in [0.1, 0.15) is 6.61 Å². The quantitative estimate of drug-likeness (QED) is 0.516. The van der Waals surface area contributed by atoms with E-state index in [0.717, 1.165) is 24.8 Å². The normalized spacial score (nSPS) is 37.5. The van der Waals surface area contributed by atoms with Crippen LogP contribution in [0.4, 0.5) is 0 Å². The van der Waals surface area contributed by atoms with Crippen molar-refractivity contribution in [3.05, 3.63) is 34.9 Å². The lowest BCUT2D eigenvalue weighted by Crippen LogP contribution is -2.57. The number of allylic oxidation sites excluding steroid dienone is 6. The smallest absolute Gasteiger partial charge is 0.309 e. The number of hydrogen-bond donors (Lipinski definition) is 2. The highest BCUT2D eigenvalue weighted by molar-refractivity contribution is 6.01. The van der Waals surface area contributed by atoms with Crippen molar-refractivity contribution in [3.8, 4) is 0 Å². The van der Waals surface area contributed by atoms with Gasteiger partial charge in [0.15, 0.2) is 11.4 Å². The zero-order valence-corrected chi connectivity index (χ0v) is 18.6. The third-order valence-electron chi connectivity index (χ3n) is 8.38. The molecule has 0 aromatic carbocycles. The number of ketones is 2. The Labute approximate surface area is 183 Å². The number of aliphatic hydroxyl groups is 2. The number of aliphatic hydroxyl groups excluding tert-OH is 2. The Morgan fingerprint density at radius 1 is 1.23 bits per heavy atom. The van der Waals surface area contributed by atoms with Gasteiger partial charge >= 0.3 is 5.97 Å². The van der Waals surface area contributed by atoms with Crippen molar-refractivity contribution in [2.45, 2.75) is 77.4 Å². The lowest BCUT2D eigenvalue weighted by molar-refractivity contribution is -0.185. The van der Waals surface area contributed by atoms with Crippen molar-refractivity contribution in [1.29, 1.82) is 0 Å². The van der Waals surface area contributed by atoms with Gasteiger partial charge in [-0.3, -0.25) is 14.4 Å². The van der Waals surface area contributed by atoms with Gasteiger partial charge in [0, 0.05) is 10.8 Å². The van der Waals surface area contributed by atoms with Crippen molar-refractivity contribution < 1.29 is 29.3 Å². The van der Waals surface area contributed by atoms with E-state index in [1.807, 2.05) is 13.0 Å². The average molecular weight is 429 g/mol. The van der Waals surface area contributed by atoms with E-state index in [9.17, 15) is 24.6 Å². The van der Waals surface area contributed by atoms with E-state index < -0.39 is 35.5 Å². The average Bonchev–Trinajstić information content (AvgIpc) is 3.00. The summed E-state index contributed by atoms with van der Waals surface area (Å²) in [5.74, 6) is -0.939. The van der Waals surface area contributed by atoms with Crippen LogP contribution in [0.25, 0.3) is 0 Å². The molecule has 6 nitrogen and oxygen atoms in total. The predicted molar refractivity (Wildman–Crippen MR) is 114 cm³/mol. The zero-order valence-electron chi connectivity index (χ0n) is 18.6. The number of Topliss-reactive ketones (excluding diaryl/α,β-unsaturated/α-hetero) is 1. The summed E-state index contributed by atoms with van der Waals surface area (Å²) in [6.45, 7) is 5.02. The van der Waals surface area contributed by atoms with Crippen molar-refractivity contribution in [2.24, 2.45) is 16.7 Å². The van der Waals surface area contributed by atoms with Crippen LogP contribution >= 0.6 is 0 Å². The number of ether oxygens (including phenoxy) is 1. The van der Waals surface area contributed by atoms with Gasteiger partial charge in [-0.15, -0.1) is 0 Å². The highest BCUT2D eigenvalue weighted by Gasteiger charge is 2.66. The Morgan fingerprint density at radius 3 is 2.65 bits per heavy atom. The number of esters is 1. The van der Waals surface area contributed by atoms with Gasteiger partial charge < -0.3 is 14.9 Å². The Bertz CT molecular complexity index is 924. The first-order chi connectivity index (χ1) is 14.6. The molecule has 2 N–H and O–H groups in total. The lowest BCUT2D eigenvalue weighted by Gasteiger charge is -2.52. The second-order valence-electron chi connectivity index (χ2n) is 10.1. The van der Waals surface area contributed by atoms with Gasteiger partial charge in [0.25, 0.3) is 0 Å². The second kappa shape index (κ2) is 7.52. The van der Waals surface area contributed by atoms with E-state index in [4.69, 9.17) is 4.74 Å². The van der Waals surface area contributed by atoms with E-state index in [2.05, 4.69) is 6.92 Å². The van der Waals surface area contributed by atoms with Crippen molar-refractivity contribution in [1.82, 2.24) is 0 Å². The van der Waals surface area contributed by atoms with Crippen LogP contribution in [0, 0.1) is 16.7 Å². The monoisotopic (exact) mass is 428 g/mol. The SMILES string of the molecule is CC(O)CC(=O)O[C@]1(C(=O)CO)CC[C@H]2C3=C(CC[C@@]21C)[C@@]1(C)C=CC(=O)C=C1CC3. The topological polar surface area (TPSA) is 101 Å². The Hall–Kier alpha value is -2.05. The summed E-state index contributed by atoms with van der Waals surface area (Å²) in [6, 6.07) is 0. The van der Waals surface area contributed by atoms with E-state index in [-0.39, 0.29) is 23.5 Å². The summed E-state index contributed by atoms with van der Waals surface area (Å²) >= 11 is 0. The number of carbonyl (C=O) groups excluding carboxylic acids is 3. The summed E-state index contributed by atoms with van der Waals surface area (Å²) < 4.78 is 5.86. The number of rotatable bonds is 5. The van der Waals surface area contributed by atoms with Crippen LogP contribution in [0.1, 0.15) is 65.7 Å². The van der Waals surface area contributed by atoms with Crippen LogP contribution in [0.5, 0.6) is 0 Å². The molecule has 0 spiro atoms. The van der Waals surface area contributed by atoms with E-state index in [0.29, 0.717) is 19.3 Å². The van der Waals surface area contributed by atoms with Gasteiger partial charge in [0.05, 0.1) is 12.5 Å². The first-order valence-electron chi connectivity index (χ1n) is 11.3. The van der Waals surface area contributed by atoms with E-state index >= 15 is 0 Å². The maximum Gasteiger partial charge on any atom is 0.309 e. The van der Waals surface area contributed by atoms with Crippen molar-refractivity contribution in [3.63, 3.8) is 0 Å². The van der Waals surface area contributed by atoms with Gasteiger partial charge in [0.2, 0.25) is 5.78 Å². The van der Waals surface area contributed by atoms with Gasteiger partial charge in [-0.1, -0.05) is 29.7 Å². The molecule has 4 aliphatic carbocycles. The fourth-order valence-electron chi connectivity index (χ4n) is 6.75. The molecule has 0 bridgehead atoms. The molecular weight excluding hydrogens is 396 g/mol. The molecule has 6 heteroatoms. The fraction of sp³-hybridized carbons (Fsp3) is 0.640. The van der Waals surface area contributed by atoms with Crippen LogP contribution < -0.4 is 0 Å². The molecule has 0 amide bonds. The van der Waals surface area contributed by atoms with Gasteiger partial charge in [-0.2, -0.15) is 0 Å². The molecule has 0 aromatic heterocycles. The molecule has 0 aromatic rings. The first-order valence-corrected chi connectivity index (χ1v) is 11.3. The predicted octanol–water partition coefficient (Wildman–Crippen LogP) is 2.97. The molecule has 0 saturated heterocycles. The molecular formula is C25H32O6. The number of hydrogen-bond acceptors (Lipinski definition) is 6. The molecule has 0 aliphatic heterocycles. The van der Waals surface area contributed by atoms with Crippen LogP contribution in [-0.4, -0.2) is 46.1 Å². The van der Waals surface area contributed by atoms with Crippen LogP contribution in [0.3, 0.4) is 0 Å². The number of fused-ring (bicyclic) bond motifs is 4. The molecule has 4 rings (SSSR count). The zero-order chi connectivity index (χ0) is 22.6. The maximum atomic E-state index is 13.0. The number of carbonyl (C=O) groups is 3. The lowest BCUT2D eigenvalue weighted by atomic mass is 9.53. The Balaban J connectivity index is 1.74. The van der Waals surface area contributed by atoms with Crippen molar-refractivity contribution in [2.75, 3.05) is 6.61 Å². The Kier molecular flexibility index (Phi) is 5.38. The first kappa shape index (κ1) is 22.2. The molecule has 1 unspecified atom stereocenters. The summed E-state index contributed by atoms with van der Waals surface area (Å²) in [5, 5.41) is 19.4. The van der Waals surface area contributed by atoms with Crippen LogP contribution in [0.15, 0.2) is 34.9 Å². The summed E-state index contributed by atoms with van der Waals surface area (Å²) in [7, 11) is 0. The third kappa shape index (κ3) is 3.18. The van der Waals surface area contributed by atoms with Crippen LogP contribution in [-0.2, 0) is 19.1 Å². The molecule has 5 atom stereocenters. The van der Waals surface area contributed by atoms with Gasteiger partial charge in [-0.25, -0.2) is 0 Å². The maximum absolute atomic E-state index is 13.0. The minimum Gasteiger partial charge on any atom is -0.450 e. The Morgan fingerprint density at radius 2 is 1.97 bits per heavy atom. The van der Waals surface area contributed by atoms with Gasteiger partial charge in [-0.05, 0) is 70.4 Å². The van der Waals surface area contributed by atoms with Crippen LogP contribution in [0.2, 0.25) is 0 Å². The molecule has 31 heavy (non-hydrogen) atoms. The minimum absolute atomic E-state index is 0.0376. The molecule has 168 valence electrons. The molecule has 4 aliphatic rings. The standard InChI is InChI=1S/C25H32O6/c1-15(27)12-22(30)31-25(21(29)14-26)11-8-20-18-5-4-16-13-17(28)6-9-23(16,2)19(18)7-10-24(20,25)3/h6,9,13,15,20,26-27H,4-5,7-8,10-12,14H2,1-3H3/t15?,20-,23-,24-,25-/m0/s1. The van der Waals surface area contributed by atoms with E-state index in [1.54, 1.807) is 12.2 Å². The third-order valence-corrected chi connectivity index (χ3v) is 8.38. The fourth-order valence-corrected chi connectivity index (χ4v) is 6.75. The largest absolute Gasteiger partial charge is 0.450 e. The van der Waals surface area contributed by atoms with E-state index in [1.165, 1.54) is 18.1 Å². The summed E-state index contributed by atoms with van der Waals surface area (Å²) in [5.41, 5.74) is 1.57. The minimum atomic E-state index is -1.37. The summed E-state index contributed by atoms with van der Waals surface area (Å²) in [4.78, 5) is 37.5. The molecule has 0 heterocycles. The van der Waals surface area contributed by atoms with Crippen molar-refractivity contribution >= 4 is 17.5 Å². The molecule has 1 saturated carbocycles. The highest BCUT2D eigenvalue weighted by atomic mass is 16.6. The molecule has 0 radical (unpaired) electrons. The second-order valence-corrected chi connectivity index (χ2v) is 10.1. The molecule has 1 fully saturated rings. The highest BCUT2D eigenvalue weighted by Crippen LogP contribution is 2.65. The summed E-state index contributed by atoms with van der Waals surface area (Å²) in [6.07, 6.45) is 8.55.